The first-order valence-electron chi connectivity index (χ1n) is 7.51. The number of alkyl halides is 1. The van der Waals surface area contributed by atoms with Crippen LogP contribution in [0.2, 0.25) is 0 Å². The number of fused-ring (bicyclic) bond motifs is 1. The summed E-state index contributed by atoms with van der Waals surface area (Å²) in [4.78, 5) is 4.57. The molecule has 3 heteroatoms. The van der Waals surface area contributed by atoms with Crippen LogP contribution in [0.3, 0.4) is 0 Å². The third kappa shape index (κ3) is 3.00. The van der Waals surface area contributed by atoms with Crippen molar-refractivity contribution in [1.82, 2.24) is 4.98 Å². The highest BCUT2D eigenvalue weighted by molar-refractivity contribution is 9.08. The van der Waals surface area contributed by atoms with Crippen molar-refractivity contribution < 1.29 is 0 Å². The summed E-state index contributed by atoms with van der Waals surface area (Å²) in [7, 11) is 0. The van der Waals surface area contributed by atoms with Gasteiger partial charge in [-0.3, -0.25) is 4.98 Å². The first-order valence-corrected chi connectivity index (χ1v) is 8.63. The average molecular weight is 365 g/mol. The zero-order valence-corrected chi connectivity index (χ0v) is 14.8. The number of halogens is 1. The quantitative estimate of drug-likeness (QED) is 0.567. The number of aromatic nitrogens is 1. The molecule has 0 aliphatic carbocycles. The summed E-state index contributed by atoms with van der Waals surface area (Å²) in [5, 5.41) is 11.4. The Morgan fingerprint density at radius 1 is 1.13 bits per heavy atom. The standard InChI is InChI=1S/C20H17BrN2/c1-20(2,13-22)17-10-16-7-4-8-23-19(16)18(11-17)15-6-3-5-14(9-15)12-21/h3-11H,12H2,1-2H3. The van der Waals surface area contributed by atoms with Crippen LogP contribution in [0.25, 0.3) is 22.0 Å². The molecule has 0 atom stereocenters. The molecule has 0 saturated carbocycles. The van der Waals surface area contributed by atoms with Crippen molar-refractivity contribution in [3.05, 3.63) is 65.9 Å². The Hall–Kier alpha value is -2.18. The lowest BCUT2D eigenvalue weighted by molar-refractivity contribution is 0.688. The van der Waals surface area contributed by atoms with E-state index in [4.69, 9.17) is 0 Å². The molecule has 0 N–H and O–H groups in total. The van der Waals surface area contributed by atoms with Crippen molar-refractivity contribution in [1.29, 1.82) is 5.26 Å². The Bertz CT molecular complexity index is 907. The van der Waals surface area contributed by atoms with Crippen molar-refractivity contribution in [3.63, 3.8) is 0 Å². The summed E-state index contributed by atoms with van der Waals surface area (Å²) in [6.45, 7) is 3.90. The lowest BCUT2D eigenvalue weighted by Gasteiger charge is -2.18. The molecule has 2 aromatic carbocycles. The maximum atomic E-state index is 9.49. The minimum absolute atomic E-state index is 0.536. The van der Waals surface area contributed by atoms with Crippen molar-refractivity contribution in [2.24, 2.45) is 0 Å². The minimum atomic E-state index is -0.536. The predicted octanol–water partition coefficient (Wildman–Crippen LogP) is 5.60. The van der Waals surface area contributed by atoms with Gasteiger partial charge in [-0.15, -0.1) is 0 Å². The van der Waals surface area contributed by atoms with Crippen LogP contribution in [0.15, 0.2) is 54.7 Å². The number of nitriles is 1. The van der Waals surface area contributed by atoms with E-state index in [1.165, 1.54) is 5.56 Å². The van der Waals surface area contributed by atoms with E-state index in [-0.39, 0.29) is 0 Å². The lowest BCUT2D eigenvalue weighted by atomic mass is 9.83. The lowest BCUT2D eigenvalue weighted by Crippen LogP contribution is -2.14. The minimum Gasteiger partial charge on any atom is -0.256 e. The third-order valence-corrected chi connectivity index (χ3v) is 4.75. The molecule has 0 aliphatic rings. The van der Waals surface area contributed by atoms with Gasteiger partial charge < -0.3 is 0 Å². The molecule has 0 fully saturated rings. The summed E-state index contributed by atoms with van der Waals surface area (Å²) in [6.07, 6.45) is 1.81. The Labute approximate surface area is 144 Å². The number of hydrogen-bond donors (Lipinski definition) is 0. The Morgan fingerprint density at radius 3 is 2.70 bits per heavy atom. The van der Waals surface area contributed by atoms with E-state index >= 15 is 0 Å². The van der Waals surface area contributed by atoms with Crippen molar-refractivity contribution in [2.75, 3.05) is 0 Å². The highest BCUT2D eigenvalue weighted by Gasteiger charge is 2.22. The van der Waals surface area contributed by atoms with Gasteiger partial charge in [-0.25, -0.2) is 0 Å². The predicted molar refractivity (Wildman–Crippen MR) is 98.4 cm³/mol. The van der Waals surface area contributed by atoms with Gasteiger partial charge in [0.1, 0.15) is 0 Å². The van der Waals surface area contributed by atoms with E-state index in [2.05, 4.69) is 69.4 Å². The molecular weight excluding hydrogens is 348 g/mol. The number of benzene rings is 2. The van der Waals surface area contributed by atoms with E-state index in [9.17, 15) is 5.26 Å². The molecule has 0 spiro atoms. The third-order valence-electron chi connectivity index (χ3n) is 4.10. The fraction of sp³-hybridized carbons (Fsp3) is 0.200. The number of pyridine rings is 1. The molecular formula is C20H17BrN2. The van der Waals surface area contributed by atoms with Gasteiger partial charge in [0.2, 0.25) is 0 Å². The number of rotatable bonds is 3. The van der Waals surface area contributed by atoms with Crippen molar-refractivity contribution >= 4 is 26.8 Å². The van der Waals surface area contributed by atoms with Crippen LogP contribution in [-0.4, -0.2) is 4.98 Å². The zero-order valence-electron chi connectivity index (χ0n) is 13.2. The normalized spacial score (nSPS) is 11.4. The van der Waals surface area contributed by atoms with Gasteiger partial charge in [-0.2, -0.15) is 5.26 Å². The summed E-state index contributed by atoms with van der Waals surface area (Å²) < 4.78 is 0. The monoisotopic (exact) mass is 364 g/mol. The first-order chi connectivity index (χ1) is 11.0. The first kappa shape index (κ1) is 15.7. The second-order valence-electron chi connectivity index (χ2n) is 6.17. The van der Waals surface area contributed by atoms with Crippen molar-refractivity contribution in [3.8, 4) is 17.2 Å². The molecule has 0 bridgehead atoms. The molecule has 1 aromatic heterocycles. The SMILES string of the molecule is CC(C)(C#N)c1cc(-c2cccc(CBr)c2)c2ncccc2c1. The van der Waals surface area contributed by atoms with Crippen LogP contribution < -0.4 is 0 Å². The van der Waals surface area contributed by atoms with Gasteiger partial charge in [-0.05, 0) is 48.7 Å². The fourth-order valence-electron chi connectivity index (χ4n) is 2.66. The summed E-state index contributed by atoms with van der Waals surface area (Å²) >= 11 is 3.51. The molecule has 3 rings (SSSR count). The van der Waals surface area contributed by atoms with Crippen molar-refractivity contribution in [2.45, 2.75) is 24.6 Å². The Kier molecular flexibility index (Phi) is 4.19. The molecule has 114 valence electrons. The van der Waals surface area contributed by atoms with Crippen LogP contribution in [0.5, 0.6) is 0 Å². The molecule has 2 nitrogen and oxygen atoms in total. The van der Waals surface area contributed by atoms with Crippen LogP contribution in [0, 0.1) is 11.3 Å². The largest absolute Gasteiger partial charge is 0.256 e. The second-order valence-corrected chi connectivity index (χ2v) is 6.73. The maximum absolute atomic E-state index is 9.49. The van der Waals surface area contributed by atoms with E-state index < -0.39 is 5.41 Å². The summed E-state index contributed by atoms with van der Waals surface area (Å²) in [5.74, 6) is 0. The molecule has 0 aliphatic heterocycles. The summed E-state index contributed by atoms with van der Waals surface area (Å²) in [5.41, 5.74) is 4.87. The van der Waals surface area contributed by atoms with Gasteiger partial charge in [0, 0.05) is 22.5 Å². The van der Waals surface area contributed by atoms with Crippen LogP contribution in [0.1, 0.15) is 25.0 Å². The Balaban J connectivity index is 2.32. The van der Waals surface area contributed by atoms with E-state index in [0.29, 0.717) is 0 Å². The number of nitrogens with zero attached hydrogens (tertiary/aromatic N) is 2. The fourth-order valence-corrected chi connectivity index (χ4v) is 3.01. The van der Waals surface area contributed by atoms with E-state index in [1.54, 1.807) is 0 Å². The van der Waals surface area contributed by atoms with Gasteiger partial charge in [0.25, 0.3) is 0 Å². The highest BCUT2D eigenvalue weighted by atomic mass is 79.9. The maximum Gasteiger partial charge on any atom is 0.0780 e. The molecule has 1 heterocycles. The van der Waals surface area contributed by atoms with Crippen LogP contribution >= 0.6 is 15.9 Å². The van der Waals surface area contributed by atoms with Crippen LogP contribution in [0.4, 0.5) is 0 Å². The average Bonchev–Trinajstić information content (AvgIpc) is 2.60. The zero-order chi connectivity index (χ0) is 16.4. The smallest absolute Gasteiger partial charge is 0.0780 e. The van der Waals surface area contributed by atoms with Crippen LogP contribution in [-0.2, 0) is 10.7 Å². The molecule has 0 radical (unpaired) electrons. The second kappa shape index (κ2) is 6.14. The van der Waals surface area contributed by atoms with E-state index in [0.717, 1.165) is 32.9 Å². The summed E-state index contributed by atoms with van der Waals surface area (Å²) in [6, 6.07) is 19.0. The highest BCUT2D eigenvalue weighted by Crippen LogP contribution is 2.34. The molecule has 0 amide bonds. The number of hydrogen-bond acceptors (Lipinski definition) is 2. The van der Waals surface area contributed by atoms with E-state index in [1.807, 2.05) is 26.1 Å². The van der Waals surface area contributed by atoms with Gasteiger partial charge >= 0.3 is 0 Å². The molecule has 23 heavy (non-hydrogen) atoms. The Morgan fingerprint density at radius 2 is 1.96 bits per heavy atom. The van der Waals surface area contributed by atoms with Gasteiger partial charge in [-0.1, -0.05) is 46.3 Å². The van der Waals surface area contributed by atoms with Gasteiger partial charge in [0.05, 0.1) is 17.0 Å². The molecule has 0 saturated heterocycles. The topological polar surface area (TPSA) is 36.7 Å². The van der Waals surface area contributed by atoms with Gasteiger partial charge in [0.15, 0.2) is 0 Å². The molecule has 0 unspecified atom stereocenters. The molecule has 3 aromatic rings.